The quantitative estimate of drug-likeness (QED) is 0.398. The van der Waals surface area contributed by atoms with Gasteiger partial charge in [0.2, 0.25) is 0 Å². The van der Waals surface area contributed by atoms with Crippen LogP contribution in [0, 0.1) is 0 Å². The van der Waals surface area contributed by atoms with Crippen molar-refractivity contribution in [3.05, 3.63) is 28.8 Å². The summed E-state index contributed by atoms with van der Waals surface area (Å²) in [6, 6.07) is 4.70. The summed E-state index contributed by atoms with van der Waals surface area (Å²) in [5, 5.41) is 42.8. The minimum atomic E-state index is -0.398. The molecule has 0 spiro atoms. The summed E-state index contributed by atoms with van der Waals surface area (Å²) < 4.78 is 0. The van der Waals surface area contributed by atoms with Gasteiger partial charge >= 0.3 is 0 Å². The summed E-state index contributed by atoms with van der Waals surface area (Å²) in [5.74, 6) is 0.360. The highest BCUT2D eigenvalue weighted by Crippen LogP contribution is 2.33. The van der Waals surface area contributed by atoms with Gasteiger partial charge in [-0.1, -0.05) is 19.3 Å². The number of nitrogens with zero attached hydrogens (tertiary/aromatic N) is 3. The van der Waals surface area contributed by atoms with Crippen molar-refractivity contribution >= 4 is 0 Å². The lowest BCUT2D eigenvalue weighted by molar-refractivity contribution is 0.0290. The molecule has 6 atom stereocenters. The zero-order chi connectivity index (χ0) is 26.5. The van der Waals surface area contributed by atoms with Crippen molar-refractivity contribution < 1.29 is 20.4 Å². The highest BCUT2D eigenvalue weighted by atomic mass is 16.3. The number of phenols is 1. The van der Waals surface area contributed by atoms with Crippen LogP contribution in [0.4, 0.5) is 0 Å². The molecular weight excluding hydrogens is 466 g/mol. The topological polar surface area (TPSA) is 90.6 Å². The fourth-order valence-corrected chi connectivity index (χ4v) is 7.11. The molecule has 0 aliphatic carbocycles. The van der Waals surface area contributed by atoms with Gasteiger partial charge in [0, 0.05) is 48.9 Å². The van der Waals surface area contributed by atoms with Gasteiger partial charge in [-0.3, -0.25) is 14.7 Å². The van der Waals surface area contributed by atoms with Crippen molar-refractivity contribution in [3.63, 3.8) is 0 Å². The molecule has 0 aromatic heterocycles. The Morgan fingerprint density at radius 2 is 0.973 bits per heavy atom. The lowest BCUT2D eigenvalue weighted by Gasteiger charge is -2.39. The Bertz CT molecular complexity index is 810. The summed E-state index contributed by atoms with van der Waals surface area (Å²) in [6.07, 6.45) is 8.63. The first-order valence-electron chi connectivity index (χ1n) is 14.8. The molecule has 4 rings (SSSR count). The molecule has 0 amide bonds. The van der Waals surface area contributed by atoms with E-state index in [2.05, 4.69) is 26.8 Å². The van der Waals surface area contributed by atoms with E-state index < -0.39 is 12.2 Å². The molecule has 210 valence electrons. The van der Waals surface area contributed by atoms with Crippen LogP contribution in [-0.4, -0.2) is 91.2 Å². The van der Waals surface area contributed by atoms with Crippen molar-refractivity contribution in [1.29, 1.82) is 0 Å². The van der Waals surface area contributed by atoms with Crippen LogP contribution in [0.2, 0.25) is 0 Å². The van der Waals surface area contributed by atoms with Crippen LogP contribution in [0.25, 0.3) is 0 Å². The van der Waals surface area contributed by atoms with Gasteiger partial charge in [-0.2, -0.15) is 0 Å². The molecule has 3 heterocycles. The number of aliphatic hydroxyl groups excluding tert-OH is 3. The number of benzene rings is 1. The minimum absolute atomic E-state index is 0.115. The minimum Gasteiger partial charge on any atom is -0.507 e. The summed E-state index contributed by atoms with van der Waals surface area (Å²) in [6.45, 7) is 10.5. The van der Waals surface area contributed by atoms with Gasteiger partial charge in [0.05, 0.1) is 18.3 Å². The number of rotatable bonds is 9. The normalized spacial score (nSPS) is 29.2. The van der Waals surface area contributed by atoms with E-state index in [9.17, 15) is 20.4 Å². The van der Waals surface area contributed by atoms with Crippen molar-refractivity contribution in [2.24, 2.45) is 0 Å². The van der Waals surface area contributed by atoms with E-state index in [1.165, 1.54) is 5.56 Å². The van der Waals surface area contributed by atoms with Crippen molar-refractivity contribution in [3.8, 4) is 5.75 Å². The van der Waals surface area contributed by atoms with Gasteiger partial charge in [-0.25, -0.2) is 0 Å². The number of piperidine rings is 3. The predicted octanol–water partition coefficient (Wildman–Crippen LogP) is 3.60. The van der Waals surface area contributed by atoms with Crippen LogP contribution in [0.1, 0.15) is 95.2 Å². The van der Waals surface area contributed by atoms with Gasteiger partial charge < -0.3 is 20.4 Å². The second-order valence-electron chi connectivity index (χ2n) is 12.1. The summed E-state index contributed by atoms with van der Waals surface area (Å²) in [7, 11) is 0. The zero-order valence-electron chi connectivity index (χ0n) is 23.4. The van der Waals surface area contributed by atoms with Crippen LogP contribution in [0.5, 0.6) is 5.75 Å². The number of aromatic hydroxyl groups is 1. The van der Waals surface area contributed by atoms with E-state index in [4.69, 9.17) is 0 Å². The zero-order valence-corrected chi connectivity index (χ0v) is 23.4. The molecule has 0 radical (unpaired) electrons. The van der Waals surface area contributed by atoms with Crippen LogP contribution in [0.15, 0.2) is 12.1 Å². The lowest BCUT2D eigenvalue weighted by Crippen LogP contribution is -2.46. The molecule has 0 bridgehead atoms. The van der Waals surface area contributed by atoms with E-state index in [1.807, 2.05) is 20.8 Å². The third-order valence-corrected chi connectivity index (χ3v) is 9.12. The number of hydrogen-bond donors (Lipinski definition) is 4. The third-order valence-electron chi connectivity index (χ3n) is 9.12. The van der Waals surface area contributed by atoms with E-state index in [-0.39, 0.29) is 24.2 Å². The number of hydrogen-bond acceptors (Lipinski definition) is 7. The molecule has 3 fully saturated rings. The Hall–Kier alpha value is -1.22. The van der Waals surface area contributed by atoms with Crippen LogP contribution in [-0.2, 0) is 19.6 Å². The third kappa shape index (κ3) is 7.25. The smallest absolute Gasteiger partial charge is 0.124 e. The van der Waals surface area contributed by atoms with Crippen LogP contribution < -0.4 is 0 Å². The Balaban J connectivity index is 1.64. The maximum absolute atomic E-state index is 11.5. The second-order valence-corrected chi connectivity index (χ2v) is 12.1. The van der Waals surface area contributed by atoms with Gasteiger partial charge in [-0.05, 0) is 96.6 Å². The Kier molecular flexibility index (Phi) is 10.3. The molecular formula is C30H51N3O4. The van der Waals surface area contributed by atoms with Crippen LogP contribution >= 0.6 is 0 Å². The highest BCUT2D eigenvalue weighted by molar-refractivity contribution is 5.44. The molecule has 7 nitrogen and oxygen atoms in total. The van der Waals surface area contributed by atoms with Crippen molar-refractivity contribution in [2.75, 3.05) is 19.6 Å². The molecule has 3 saturated heterocycles. The van der Waals surface area contributed by atoms with Gasteiger partial charge in [0.1, 0.15) is 5.75 Å². The van der Waals surface area contributed by atoms with E-state index in [1.54, 1.807) is 0 Å². The fourth-order valence-electron chi connectivity index (χ4n) is 7.11. The molecule has 3 aliphatic rings. The Morgan fingerprint density at radius 1 is 0.622 bits per heavy atom. The Labute approximate surface area is 224 Å². The SMILES string of the molecule is CC(O)C1CCCCN1Cc1cc(CN2CCCCC2C(C)O)c(O)c(CN2CCCCC2C(C)O)c1. The largest absolute Gasteiger partial charge is 0.507 e. The molecule has 1 aromatic rings. The van der Waals surface area contributed by atoms with E-state index in [0.717, 1.165) is 95.1 Å². The monoisotopic (exact) mass is 517 g/mol. The molecule has 1 aromatic carbocycles. The van der Waals surface area contributed by atoms with Gasteiger partial charge in [-0.15, -0.1) is 0 Å². The summed E-state index contributed by atoms with van der Waals surface area (Å²) in [5.41, 5.74) is 3.03. The molecule has 3 aliphatic heterocycles. The lowest BCUT2D eigenvalue weighted by atomic mass is 9.94. The second kappa shape index (κ2) is 13.2. The average Bonchev–Trinajstić information content (AvgIpc) is 2.87. The van der Waals surface area contributed by atoms with Crippen molar-refractivity contribution in [2.45, 2.75) is 135 Å². The maximum atomic E-state index is 11.5. The molecule has 37 heavy (non-hydrogen) atoms. The maximum Gasteiger partial charge on any atom is 0.124 e. The first-order valence-corrected chi connectivity index (χ1v) is 14.8. The highest BCUT2D eigenvalue weighted by Gasteiger charge is 2.31. The molecule has 7 heteroatoms. The fraction of sp³-hybridized carbons (Fsp3) is 0.800. The van der Waals surface area contributed by atoms with Gasteiger partial charge in [0.25, 0.3) is 0 Å². The summed E-state index contributed by atoms with van der Waals surface area (Å²) in [4.78, 5) is 7.10. The number of phenolic OH excluding ortho intramolecular Hbond substituents is 1. The van der Waals surface area contributed by atoms with Crippen LogP contribution in [0.3, 0.4) is 0 Å². The van der Waals surface area contributed by atoms with Gasteiger partial charge in [0.15, 0.2) is 0 Å². The number of aliphatic hydroxyl groups is 3. The first-order chi connectivity index (χ1) is 17.7. The van der Waals surface area contributed by atoms with E-state index >= 15 is 0 Å². The molecule has 4 N–H and O–H groups in total. The number of likely N-dealkylation sites (tertiary alicyclic amines) is 3. The average molecular weight is 518 g/mol. The summed E-state index contributed by atoms with van der Waals surface area (Å²) >= 11 is 0. The standard InChI is InChI=1S/C30H51N3O4/c1-21(34)27-10-4-7-13-31(27)18-24-16-25(19-32-14-8-5-11-28(32)22(2)35)30(37)26(17-24)20-33-15-9-6-12-29(33)23(3)36/h16-17,21-23,27-29,34-37H,4-15,18-20H2,1-3H3. The molecule has 0 saturated carbocycles. The first kappa shape index (κ1) is 28.8. The van der Waals surface area contributed by atoms with E-state index in [0.29, 0.717) is 18.8 Å². The predicted molar refractivity (Wildman–Crippen MR) is 147 cm³/mol. The Morgan fingerprint density at radius 3 is 1.32 bits per heavy atom. The van der Waals surface area contributed by atoms with Crippen molar-refractivity contribution in [1.82, 2.24) is 14.7 Å². The molecule has 6 unspecified atom stereocenters.